The Balaban J connectivity index is 2.01. The van der Waals surface area contributed by atoms with Gasteiger partial charge >= 0.3 is 0 Å². The van der Waals surface area contributed by atoms with Crippen molar-refractivity contribution in [2.75, 3.05) is 0 Å². The van der Waals surface area contributed by atoms with E-state index < -0.39 is 63.8 Å². The van der Waals surface area contributed by atoms with Crippen LogP contribution >= 0.6 is 0 Å². The molecule has 0 saturated heterocycles. The Labute approximate surface area is 195 Å². The van der Waals surface area contributed by atoms with Crippen molar-refractivity contribution in [1.29, 1.82) is 0 Å². The first-order valence-corrected chi connectivity index (χ1v) is 10.9. The minimum Gasteiger partial charge on any atom is -0.508 e. The lowest BCUT2D eigenvalue weighted by Crippen LogP contribution is -2.58. The molecule has 0 aromatic heterocycles. The van der Waals surface area contributed by atoms with Crippen molar-refractivity contribution in [3.05, 3.63) is 51.8 Å². The number of fused-ring (bicyclic) bond motifs is 3. The molecule has 1 aromatic rings. The molecule has 1 fully saturated rings. The maximum atomic E-state index is 13.6. The molecule has 1 amide bonds. The van der Waals surface area contributed by atoms with Crippen LogP contribution in [0.1, 0.15) is 55.9 Å². The maximum absolute atomic E-state index is 13.6. The Morgan fingerprint density at radius 1 is 1.18 bits per heavy atom. The van der Waals surface area contributed by atoms with Crippen LogP contribution in [0.25, 0.3) is 11.5 Å². The molecule has 1 aromatic carbocycles. The normalized spacial score (nSPS) is 26.7. The summed E-state index contributed by atoms with van der Waals surface area (Å²) in [4.78, 5) is 37.7. The Bertz CT molecular complexity index is 1260. The Morgan fingerprint density at radius 2 is 1.79 bits per heavy atom. The van der Waals surface area contributed by atoms with Gasteiger partial charge in [0.15, 0.2) is 11.4 Å². The topological polar surface area (TPSA) is 178 Å². The zero-order valence-electron chi connectivity index (χ0n) is 19.1. The molecule has 3 unspecified atom stereocenters. The Kier molecular flexibility index (Phi) is 4.99. The van der Waals surface area contributed by atoms with Crippen molar-refractivity contribution in [2.45, 2.75) is 51.0 Å². The summed E-state index contributed by atoms with van der Waals surface area (Å²) in [7, 11) is 0. The summed E-state index contributed by atoms with van der Waals surface area (Å²) in [6.45, 7) is 9.05. The molecule has 34 heavy (non-hydrogen) atoms. The molecule has 7 N–H and O–H groups in total. The standard InChI is InChI=1S/C25H27NO8/c1-9(27)12-8-14(24(2,3)4)19(29)17-13(12)6-10-5-11-7-15(28)18(23(26)33)22(32)25(11,34)21(31)16(10)20(17)30/h8,10-11,27,29-30,32,34H,1,5-7H2,2-4H3,(H2,26,33). The fourth-order valence-corrected chi connectivity index (χ4v) is 5.52. The van der Waals surface area contributed by atoms with Crippen LogP contribution in [0.2, 0.25) is 0 Å². The average molecular weight is 469 g/mol. The lowest BCUT2D eigenvalue weighted by molar-refractivity contribution is -0.147. The summed E-state index contributed by atoms with van der Waals surface area (Å²) < 4.78 is 0. The summed E-state index contributed by atoms with van der Waals surface area (Å²) in [5.74, 6) is -7.13. The number of benzene rings is 1. The number of amides is 1. The van der Waals surface area contributed by atoms with Crippen molar-refractivity contribution < 1.29 is 39.9 Å². The van der Waals surface area contributed by atoms with Gasteiger partial charge in [-0.25, -0.2) is 0 Å². The second-order valence-electron chi connectivity index (χ2n) is 10.3. The second-order valence-corrected chi connectivity index (χ2v) is 10.3. The third-order valence-electron chi connectivity index (χ3n) is 7.18. The molecule has 180 valence electrons. The zero-order chi connectivity index (χ0) is 25.5. The molecular formula is C25H27NO8. The fourth-order valence-electron chi connectivity index (χ4n) is 5.52. The van der Waals surface area contributed by atoms with E-state index in [1.165, 1.54) is 0 Å². The molecule has 0 aliphatic heterocycles. The predicted octanol–water partition coefficient (Wildman–Crippen LogP) is 2.25. The number of ketones is 2. The Morgan fingerprint density at radius 3 is 2.32 bits per heavy atom. The van der Waals surface area contributed by atoms with Gasteiger partial charge in [0.2, 0.25) is 5.78 Å². The van der Waals surface area contributed by atoms with Gasteiger partial charge in [-0.05, 0) is 35.8 Å². The molecule has 0 heterocycles. The number of hydrogen-bond acceptors (Lipinski definition) is 8. The van der Waals surface area contributed by atoms with Gasteiger partial charge < -0.3 is 31.3 Å². The fraction of sp³-hybridized carbons (Fsp3) is 0.400. The summed E-state index contributed by atoms with van der Waals surface area (Å²) in [6, 6.07) is 1.59. The van der Waals surface area contributed by atoms with E-state index in [1.54, 1.807) is 6.07 Å². The quantitative estimate of drug-likeness (QED) is 0.282. The van der Waals surface area contributed by atoms with E-state index in [4.69, 9.17) is 5.73 Å². The molecular weight excluding hydrogens is 442 g/mol. The highest BCUT2D eigenvalue weighted by atomic mass is 16.3. The molecule has 9 heteroatoms. The number of nitrogens with two attached hydrogens (primary N) is 1. The number of Topliss-reactive ketones (excluding diaryl/α,β-unsaturated/α-hetero) is 2. The largest absolute Gasteiger partial charge is 0.508 e. The molecule has 0 radical (unpaired) electrons. The van der Waals surface area contributed by atoms with E-state index in [0.29, 0.717) is 16.7 Å². The van der Waals surface area contributed by atoms with Crippen LogP contribution in [0.5, 0.6) is 5.75 Å². The molecule has 3 aliphatic rings. The number of aliphatic hydroxyl groups is 4. The lowest BCUT2D eigenvalue weighted by Gasteiger charge is -2.46. The minimum absolute atomic E-state index is 0.0159. The van der Waals surface area contributed by atoms with E-state index in [9.17, 15) is 39.9 Å². The molecule has 0 spiro atoms. The van der Waals surface area contributed by atoms with Crippen LogP contribution in [-0.2, 0) is 26.2 Å². The first kappa shape index (κ1) is 23.6. The minimum atomic E-state index is -2.61. The van der Waals surface area contributed by atoms with E-state index >= 15 is 0 Å². The number of hydrogen-bond donors (Lipinski definition) is 6. The second kappa shape index (κ2) is 7.20. The SMILES string of the molecule is C=C(O)c1cc(C(C)(C)C)c(O)c2c1CC1CC3CC(=O)C(C(N)=O)=C(O)C3(O)C(=O)C1=C2O. The van der Waals surface area contributed by atoms with E-state index in [1.807, 2.05) is 20.8 Å². The van der Waals surface area contributed by atoms with Crippen LogP contribution in [0.15, 0.2) is 29.6 Å². The highest BCUT2D eigenvalue weighted by molar-refractivity contribution is 6.22. The number of carbonyl (C=O) groups is 3. The number of aromatic hydroxyl groups is 1. The van der Waals surface area contributed by atoms with Gasteiger partial charge in [-0.3, -0.25) is 14.4 Å². The summed E-state index contributed by atoms with van der Waals surface area (Å²) in [5, 5.41) is 54.5. The summed E-state index contributed by atoms with van der Waals surface area (Å²) in [5.41, 5.74) is 1.91. The first-order chi connectivity index (χ1) is 15.6. The van der Waals surface area contributed by atoms with Crippen molar-refractivity contribution in [2.24, 2.45) is 17.6 Å². The molecule has 1 saturated carbocycles. The number of phenolic OH excluding ortho intramolecular Hbond substituents is 1. The van der Waals surface area contributed by atoms with Gasteiger partial charge in [0.25, 0.3) is 5.91 Å². The summed E-state index contributed by atoms with van der Waals surface area (Å²) in [6.07, 6.45) is -0.279. The highest BCUT2D eigenvalue weighted by Crippen LogP contribution is 2.53. The molecule has 3 atom stereocenters. The first-order valence-electron chi connectivity index (χ1n) is 10.9. The van der Waals surface area contributed by atoms with Gasteiger partial charge in [0.1, 0.15) is 28.6 Å². The lowest BCUT2D eigenvalue weighted by atomic mass is 9.59. The smallest absolute Gasteiger partial charge is 0.255 e. The number of aliphatic hydroxyl groups excluding tert-OH is 3. The van der Waals surface area contributed by atoms with E-state index in [0.717, 1.165) is 0 Å². The van der Waals surface area contributed by atoms with Gasteiger partial charge in [-0.15, -0.1) is 0 Å². The van der Waals surface area contributed by atoms with Gasteiger partial charge in [0, 0.05) is 29.0 Å². The third-order valence-corrected chi connectivity index (χ3v) is 7.18. The van der Waals surface area contributed by atoms with Crippen LogP contribution in [-0.4, -0.2) is 48.6 Å². The van der Waals surface area contributed by atoms with Crippen LogP contribution < -0.4 is 5.73 Å². The molecule has 0 bridgehead atoms. The van der Waals surface area contributed by atoms with Crippen molar-refractivity contribution >= 4 is 29.0 Å². The average Bonchev–Trinajstić information content (AvgIpc) is 2.69. The number of primary amides is 1. The molecule has 9 nitrogen and oxygen atoms in total. The number of carbonyl (C=O) groups excluding carboxylic acids is 3. The Hall–Kier alpha value is -3.59. The molecule has 3 aliphatic carbocycles. The highest BCUT2D eigenvalue weighted by Gasteiger charge is 2.60. The third kappa shape index (κ3) is 3.00. The predicted molar refractivity (Wildman–Crippen MR) is 122 cm³/mol. The van der Waals surface area contributed by atoms with E-state index in [-0.39, 0.29) is 35.5 Å². The number of phenols is 1. The van der Waals surface area contributed by atoms with Crippen molar-refractivity contribution in [1.82, 2.24) is 0 Å². The van der Waals surface area contributed by atoms with E-state index in [2.05, 4.69) is 6.58 Å². The summed E-state index contributed by atoms with van der Waals surface area (Å²) >= 11 is 0. The number of rotatable bonds is 2. The van der Waals surface area contributed by atoms with Gasteiger partial charge in [0.05, 0.1) is 5.56 Å². The van der Waals surface area contributed by atoms with Gasteiger partial charge in [-0.1, -0.05) is 27.4 Å². The van der Waals surface area contributed by atoms with Gasteiger partial charge in [-0.2, -0.15) is 0 Å². The van der Waals surface area contributed by atoms with Crippen molar-refractivity contribution in [3.8, 4) is 5.75 Å². The monoisotopic (exact) mass is 469 g/mol. The van der Waals surface area contributed by atoms with Crippen LogP contribution in [0, 0.1) is 11.8 Å². The van der Waals surface area contributed by atoms with Crippen molar-refractivity contribution in [3.63, 3.8) is 0 Å². The zero-order valence-corrected chi connectivity index (χ0v) is 19.1. The molecule has 4 rings (SSSR count). The van der Waals surface area contributed by atoms with Crippen LogP contribution in [0.4, 0.5) is 0 Å². The van der Waals surface area contributed by atoms with Crippen LogP contribution in [0.3, 0.4) is 0 Å². The maximum Gasteiger partial charge on any atom is 0.255 e.